The first-order valence-electron chi connectivity index (χ1n) is 8.13. The lowest BCUT2D eigenvalue weighted by atomic mass is 10.2. The standard InChI is InChI=1S/C19H18N2O6/c1-25-9-10-26-15-8-4-5-12-11-16(27-17(12)15)18(22)20-13-6-2-3-7-14(13)21-19(23)24/h2-8,11,21H,9-10H2,1H3,(H,20,22)(H,23,24). The molecule has 1 heterocycles. The maximum Gasteiger partial charge on any atom is 0.409 e. The highest BCUT2D eigenvalue weighted by molar-refractivity contribution is 6.07. The van der Waals surface area contributed by atoms with Gasteiger partial charge in [0.25, 0.3) is 5.91 Å². The molecule has 0 atom stereocenters. The molecule has 8 heteroatoms. The van der Waals surface area contributed by atoms with Crippen molar-refractivity contribution in [2.45, 2.75) is 0 Å². The van der Waals surface area contributed by atoms with Crippen LogP contribution in [0.4, 0.5) is 16.2 Å². The van der Waals surface area contributed by atoms with Gasteiger partial charge in [-0.05, 0) is 24.3 Å². The van der Waals surface area contributed by atoms with Gasteiger partial charge < -0.3 is 24.3 Å². The van der Waals surface area contributed by atoms with Crippen molar-refractivity contribution in [3.05, 3.63) is 54.3 Å². The number of methoxy groups -OCH3 is 1. The van der Waals surface area contributed by atoms with Crippen LogP contribution in [0.2, 0.25) is 0 Å². The van der Waals surface area contributed by atoms with Gasteiger partial charge in [-0.2, -0.15) is 0 Å². The van der Waals surface area contributed by atoms with E-state index in [1.165, 1.54) is 0 Å². The van der Waals surface area contributed by atoms with E-state index in [1.807, 2.05) is 0 Å². The maximum atomic E-state index is 12.6. The van der Waals surface area contributed by atoms with Gasteiger partial charge in [0, 0.05) is 12.5 Å². The van der Waals surface area contributed by atoms with Crippen LogP contribution < -0.4 is 15.4 Å². The molecule has 3 aromatic rings. The fraction of sp³-hybridized carbons (Fsp3) is 0.158. The molecule has 1 aromatic heterocycles. The monoisotopic (exact) mass is 370 g/mol. The smallest absolute Gasteiger partial charge is 0.409 e. The molecule has 0 aliphatic rings. The quantitative estimate of drug-likeness (QED) is 0.546. The lowest BCUT2D eigenvalue weighted by Crippen LogP contribution is -2.14. The number of hydrogen-bond donors (Lipinski definition) is 3. The summed E-state index contributed by atoms with van der Waals surface area (Å²) in [6.07, 6.45) is -1.22. The van der Waals surface area contributed by atoms with Crippen LogP contribution in [0.5, 0.6) is 5.75 Å². The number of furan rings is 1. The Balaban J connectivity index is 1.82. The fourth-order valence-electron chi connectivity index (χ4n) is 2.50. The van der Waals surface area contributed by atoms with Gasteiger partial charge in [-0.25, -0.2) is 4.79 Å². The minimum atomic E-state index is -1.22. The van der Waals surface area contributed by atoms with Gasteiger partial charge in [-0.3, -0.25) is 10.1 Å². The zero-order valence-corrected chi connectivity index (χ0v) is 14.5. The molecule has 0 saturated heterocycles. The topological polar surface area (TPSA) is 110 Å². The molecule has 0 spiro atoms. The largest absolute Gasteiger partial charge is 0.487 e. The molecule has 0 aliphatic heterocycles. The Morgan fingerprint density at radius 3 is 2.48 bits per heavy atom. The highest BCUT2D eigenvalue weighted by Gasteiger charge is 2.17. The molecular formula is C19H18N2O6. The summed E-state index contributed by atoms with van der Waals surface area (Å²) in [5, 5.41) is 14.5. The molecule has 3 rings (SSSR count). The Morgan fingerprint density at radius 1 is 1.04 bits per heavy atom. The molecule has 0 unspecified atom stereocenters. The first kappa shape index (κ1) is 18.3. The molecule has 8 nitrogen and oxygen atoms in total. The number of nitrogens with one attached hydrogen (secondary N) is 2. The van der Waals surface area contributed by atoms with Crippen molar-refractivity contribution in [1.29, 1.82) is 0 Å². The lowest BCUT2D eigenvalue weighted by molar-refractivity contribution is 0.0998. The van der Waals surface area contributed by atoms with Crippen LogP contribution in [0.15, 0.2) is 52.9 Å². The highest BCUT2D eigenvalue weighted by atomic mass is 16.5. The number of fused-ring (bicyclic) bond motifs is 1. The van der Waals surface area contributed by atoms with E-state index in [-0.39, 0.29) is 11.4 Å². The number of anilines is 2. The van der Waals surface area contributed by atoms with E-state index in [0.717, 1.165) is 0 Å². The molecule has 3 N–H and O–H groups in total. The molecule has 2 aromatic carbocycles. The van der Waals surface area contributed by atoms with E-state index >= 15 is 0 Å². The summed E-state index contributed by atoms with van der Waals surface area (Å²) < 4.78 is 16.2. The normalized spacial score (nSPS) is 10.6. The average molecular weight is 370 g/mol. The van der Waals surface area contributed by atoms with Crippen LogP contribution >= 0.6 is 0 Å². The number of para-hydroxylation sites is 3. The third kappa shape index (κ3) is 4.36. The Labute approximate surface area is 154 Å². The zero-order valence-electron chi connectivity index (χ0n) is 14.5. The summed E-state index contributed by atoms with van der Waals surface area (Å²) in [5.41, 5.74) is 1.04. The van der Waals surface area contributed by atoms with Crippen LogP contribution in [0.1, 0.15) is 10.6 Å². The third-order valence-electron chi connectivity index (χ3n) is 3.69. The second-order valence-corrected chi connectivity index (χ2v) is 5.56. The SMILES string of the molecule is COCCOc1cccc2cc(C(=O)Nc3ccccc3NC(=O)O)oc12. The number of ether oxygens (including phenoxy) is 2. The number of carbonyl (C=O) groups excluding carboxylic acids is 1. The van der Waals surface area contributed by atoms with Crippen molar-refractivity contribution in [2.75, 3.05) is 31.0 Å². The van der Waals surface area contributed by atoms with Crippen LogP contribution in [0.25, 0.3) is 11.0 Å². The van der Waals surface area contributed by atoms with Crippen molar-refractivity contribution in [3.8, 4) is 5.75 Å². The molecule has 0 radical (unpaired) electrons. The number of carboxylic acid groups (broad SMARTS) is 1. The molecule has 0 aliphatic carbocycles. The average Bonchev–Trinajstić information content (AvgIpc) is 3.08. The van der Waals surface area contributed by atoms with Gasteiger partial charge in [0.1, 0.15) is 6.61 Å². The van der Waals surface area contributed by atoms with Crippen LogP contribution in [-0.4, -0.2) is 37.4 Å². The maximum absolute atomic E-state index is 12.6. The highest BCUT2D eigenvalue weighted by Crippen LogP contribution is 2.29. The van der Waals surface area contributed by atoms with E-state index in [2.05, 4.69) is 10.6 Å². The summed E-state index contributed by atoms with van der Waals surface area (Å²) in [6.45, 7) is 0.782. The summed E-state index contributed by atoms with van der Waals surface area (Å²) in [5.74, 6) is 0.0862. The summed E-state index contributed by atoms with van der Waals surface area (Å²) in [6, 6.07) is 13.4. The van der Waals surface area contributed by atoms with Crippen LogP contribution in [0.3, 0.4) is 0 Å². The summed E-state index contributed by atoms with van der Waals surface area (Å²) in [7, 11) is 1.58. The third-order valence-corrected chi connectivity index (χ3v) is 3.69. The van der Waals surface area contributed by atoms with E-state index in [0.29, 0.717) is 35.6 Å². The molecule has 0 saturated carbocycles. The van der Waals surface area contributed by atoms with E-state index in [1.54, 1.807) is 55.6 Å². The van der Waals surface area contributed by atoms with Gasteiger partial charge >= 0.3 is 6.09 Å². The van der Waals surface area contributed by atoms with Crippen molar-refractivity contribution in [3.63, 3.8) is 0 Å². The van der Waals surface area contributed by atoms with Gasteiger partial charge in [-0.15, -0.1) is 0 Å². The van der Waals surface area contributed by atoms with Gasteiger partial charge in [0.05, 0.1) is 18.0 Å². The number of rotatable bonds is 7. The minimum absolute atomic E-state index is 0.0814. The predicted octanol–water partition coefficient (Wildman–Crippen LogP) is 3.80. The van der Waals surface area contributed by atoms with Gasteiger partial charge in [0.15, 0.2) is 17.1 Å². The fourth-order valence-corrected chi connectivity index (χ4v) is 2.50. The Bertz CT molecular complexity index is 966. The second kappa shape index (κ2) is 8.24. The lowest BCUT2D eigenvalue weighted by Gasteiger charge is -2.09. The molecule has 2 amide bonds. The predicted molar refractivity (Wildman–Crippen MR) is 99.6 cm³/mol. The first-order chi connectivity index (χ1) is 13.1. The Morgan fingerprint density at radius 2 is 1.78 bits per heavy atom. The Hall–Kier alpha value is -3.52. The number of carbonyl (C=O) groups is 2. The Kier molecular flexibility index (Phi) is 5.58. The van der Waals surface area contributed by atoms with Gasteiger partial charge in [0.2, 0.25) is 0 Å². The van der Waals surface area contributed by atoms with Crippen LogP contribution in [0, 0.1) is 0 Å². The summed E-state index contributed by atoms with van der Waals surface area (Å²) >= 11 is 0. The molecule has 0 bridgehead atoms. The number of hydrogen-bond acceptors (Lipinski definition) is 5. The van der Waals surface area contributed by atoms with Crippen molar-refractivity contribution >= 4 is 34.3 Å². The molecular weight excluding hydrogens is 352 g/mol. The van der Waals surface area contributed by atoms with Gasteiger partial charge in [-0.1, -0.05) is 24.3 Å². The second-order valence-electron chi connectivity index (χ2n) is 5.56. The zero-order chi connectivity index (χ0) is 19.2. The van der Waals surface area contributed by atoms with Crippen LogP contribution in [-0.2, 0) is 4.74 Å². The van der Waals surface area contributed by atoms with Crippen molar-refractivity contribution in [2.24, 2.45) is 0 Å². The van der Waals surface area contributed by atoms with E-state index < -0.39 is 12.0 Å². The molecule has 0 fully saturated rings. The molecule has 27 heavy (non-hydrogen) atoms. The summed E-state index contributed by atoms with van der Waals surface area (Å²) in [4.78, 5) is 23.4. The molecule has 140 valence electrons. The van der Waals surface area contributed by atoms with E-state index in [9.17, 15) is 9.59 Å². The number of amides is 2. The number of benzene rings is 2. The van der Waals surface area contributed by atoms with E-state index in [4.69, 9.17) is 19.0 Å². The van der Waals surface area contributed by atoms with Crippen molar-refractivity contribution < 1.29 is 28.6 Å². The minimum Gasteiger partial charge on any atom is -0.487 e. The van der Waals surface area contributed by atoms with Crippen molar-refractivity contribution in [1.82, 2.24) is 0 Å². The first-order valence-corrected chi connectivity index (χ1v) is 8.13.